The molecule has 2 rings (SSSR count). The fourth-order valence-corrected chi connectivity index (χ4v) is 1.93. The lowest BCUT2D eigenvalue weighted by molar-refractivity contribution is 0.108. The number of aliphatic hydroxyl groups is 1. The van der Waals surface area contributed by atoms with Crippen molar-refractivity contribution in [3.8, 4) is 5.75 Å². The first-order valence-electron chi connectivity index (χ1n) is 6.04. The Morgan fingerprint density at radius 2 is 2.20 bits per heavy atom. The van der Waals surface area contributed by atoms with E-state index in [0.29, 0.717) is 10.9 Å². The van der Waals surface area contributed by atoms with Gasteiger partial charge in [0, 0.05) is 18.1 Å². The predicted molar refractivity (Wildman–Crippen MR) is 77.1 cm³/mol. The van der Waals surface area contributed by atoms with E-state index < -0.39 is 12.1 Å². The predicted octanol–water partition coefficient (Wildman–Crippen LogP) is 1.70. The van der Waals surface area contributed by atoms with Crippen LogP contribution in [-0.2, 0) is 0 Å². The molecule has 0 aliphatic carbocycles. The average Bonchev–Trinajstić information content (AvgIpc) is 2.97. The monoisotopic (exact) mass is 293 g/mol. The molecule has 0 spiro atoms. The molecule has 0 aliphatic heterocycles. The summed E-state index contributed by atoms with van der Waals surface area (Å²) in [6.45, 7) is 0.214. The average molecular weight is 293 g/mol. The highest BCUT2D eigenvalue weighted by molar-refractivity contribution is 7.13. The van der Waals surface area contributed by atoms with Crippen LogP contribution in [0.5, 0.6) is 5.75 Å². The Labute approximate surface area is 120 Å². The van der Waals surface area contributed by atoms with Crippen molar-refractivity contribution in [2.45, 2.75) is 6.10 Å². The molecule has 0 saturated carbocycles. The number of carbonyl (C=O) groups excluding carboxylic acids is 1. The molecule has 1 aromatic carbocycles. The van der Waals surface area contributed by atoms with Crippen LogP contribution < -0.4 is 15.4 Å². The summed E-state index contributed by atoms with van der Waals surface area (Å²) in [6.07, 6.45) is 0.820. The number of nitrogens with one attached hydrogen (secondary N) is 2. The molecule has 6 nitrogen and oxygen atoms in total. The minimum absolute atomic E-state index is 0.101. The zero-order valence-electron chi connectivity index (χ0n) is 10.7. The van der Waals surface area contributed by atoms with Crippen molar-refractivity contribution < 1.29 is 14.6 Å². The Hall–Kier alpha value is -2.12. The Bertz CT molecular complexity index is 519. The summed E-state index contributed by atoms with van der Waals surface area (Å²) >= 11 is 1.32. The SMILES string of the molecule is O=C(NCC(O)COc1ccccc1)Nc1nccs1. The second-order valence-electron chi connectivity index (χ2n) is 3.95. The molecule has 2 amide bonds. The van der Waals surface area contributed by atoms with Crippen molar-refractivity contribution in [2.24, 2.45) is 0 Å². The fraction of sp³-hybridized carbons (Fsp3) is 0.231. The topological polar surface area (TPSA) is 83.5 Å². The molecular formula is C13H15N3O3S. The molecular weight excluding hydrogens is 278 g/mol. The van der Waals surface area contributed by atoms with Gasteiger partial charge in [-0.25, -0.2) is 9.78 Å². The molecule has 0 bridgehead atoms. The first-order chi connectivity index (χ1) is 9.74. The fourth-order valence-electron chi connectivity index (χ4n) is 1.41. The van der Waals surface area contributed by atoms with Crippen LogP contribution in [0.4, 0.5) is 9.93 Å². The number of para-hydroxylation sites is 1. The van der Waals surface area contributed by atoms with E-state index >= 15 is 0 Å². The summed E-state index contributed by atoms with van der Waals surface area (Å²) in [5.74, 6) is 0.679. The number of rotatable bonds is 6. The van der Waals surface area contributed by atoms with E-state index in [-0.39, 0.29) is 13.2 Å². The maximum atomic E-state index is 11.5. The third-order valence-electron chi connectivity index (χ3n) is 2.34. The number of hydrogen-bond acceptors (Lipinski definition) is 5. The van der Waals surface area contributed by atoms with E-state index in [4.69, 9.17) is 4.74 Å². The lowest BCUT2D eigenvalue weighted by Crippen LogP contribution is -2.37. The molecule has 0 saturated heterocycles. The van der Waals surface area contributed by atoms with Crippen LogP contribution in [0.1, 0.15) is 0 Å². The highest BCUT2D eigenvalue weighted by atomic mass is 32.1. The van der Waals surface area contributed by atoms with Crippen molar-refractivity contribution in [1.29, 1.82) is 0 Å². The standard InChI is InChI=1S/C13H15N3O3S/c17-10(9-19-11-4-2-1-3-5-11)8-15-12(18)16-13-14-6-7-20-13/h1-7,10,17H,8-9H2,(H2,14,15,16,18). The minimum atomic E-state index is -0.780. The first-order valence-corrected chi connectivity index (χ1v) is 6.92. The van der Waals surface area contributed by atoms with Gasteiger partial charge in [-0.05, 0) is 12.1 Å². The van der Waals surface area contributed by atoms with Crippen LogP contribution in [0, 0.1) is 0 Å². The van der Waals surface area contributed by atoms with Gasteiger partial charge < -0.3 is 15.2 Å². The molecule has 0 fully saturated rings. The van der Waals surface area contributed by atoms with Gasteiger partial charge in [0.25, 0.3) is 0 Å². The second-order valence-corrected chi connectivity index (χ2v) is 4.84. The molecule has 1 heterocycles. The summed E-state index contributed by atoms with van der Waals surface area (Å²) in [5, 5.41) is 17.1. The minimum Gasteiger partial charge on any atom is -0.491 e. The number of anilines is 1. The molecule has 0 aliphatic rings. The van der Waals surface area contributed by atoms with Crippen LogP contribution in [0.15, 0.2) is 41.9 Å². The maximum absolute atomic E-state index is 11.5. The van der Waals surface area contributed by atoms with Gasteiger partial charge in [0.15, 0.2) is 5.13 Å². The van der Waals surface area contributed by atoms with Crippen molar-refractivity contribution in [1.82, 2.24) is 10.3 Å². The van der Waals surface area contributed by atoms with Crippen molar-refractivity contribution >= 4 is 22.5 Å². The van der Waals surface area contributed by atoms with Gasteiger partial charge >= 0.3 is 6.03 Å². The number of aliphatic hydroxyl groups excluding tert-OH is 1. The largest absolute Gasteiger partial charge is 0.491 e. The van der Waals surface area contributed by atoms with E-state index in [1.165, 1.54) is 11.3 Å². The third-order valence-corrected chi connectivity index (χ3v) is 3.03. The summed E-state index contributed by atoms with van der Waals surface area (Å²) in [4.78, 5) is 15.4. The number of amides is 2. The number of ether oxygens (including phenoxy) is 1. The third kappa shape index (κ3) is 4.87. The number of benzene rings is 1. The smallest absolute Gasteiger partial charge is 0.321 e. The van der Waals surface area contributed by atoms with Crippen molar-refractivity contribution in [3.63, 3.8) is 0 Å². The van der Waals surface area contributed by atoms with Crippen LogP contribution in [0.2, 0.25) is 0 Å². The highest BCUT2D eigenvalue weighted by Gasteiger charge is 2.08. The number of hydrogen-bond donors (Lipinski definition) is 3. The van der Waals surface area contributed by atoms with Gasteiger partial charge in [-0.2, -0.15) is 0 Å². The lowest BCUT2D eigenvalue weighted by atomic mass is 10.3. The van der Waals surface area contributed by atoms with Gasteiger partial charge in [-0.3, -0.25) is 5.32 Å². The van der Waals surface area contributed by atoms with Gasteiger partial charge in [-0.15, -0.1) is 11.3 Å². The van der Waals surface area contributed by atoms with Crippen molar-refractivity contribution in [3.05, 3.63) is 41.9 Å². The molecule has 1 unspecified atom stereocenters. The normalized spacial score (nSPS) is 11.7. The molecule has 0 radical (unpaired) electrons. The summed E-state index contributed by atoms with van der Waals surface area (Å²) in [5.41, 5.74) is 0. The van der Waals surface area contributed by atoms with E-state index in [1.54, 1.807) is 23.7 Å². The summed E-state index contributed by atoms with van der Waals surface area (Å²) < 4.78 is 5.37. The van der Waals surface area contributed by atoms with E-state index in [2.05, 4.69) is 15.6 Å². The molecule has 3 N–H and O–H groups in total. The molecule has 2 aromatic rings. The van der Waals surface area contributed by atoms with E-state index in [1.807, 2.05) is 18.2 Å². The van der Waals surface area contributed by atoms with Crippen LogP contribution in [0.3, 0.4) is 0 Å². The van der Waals surface area contributed by atoms with Crippen LogP contribution >= 0.6 is 11.3 Å². The second kappa shape index (κ2) is 7.46. The van der Waals surface area contributed by atoms with Gasteiger partial charge in [-0.1, -0.05) is 18.2 Å². The molecule has 1 aromatic heterocycles. The quantitative estimate of drug-likeness (QED) is 0.757. The Morgan fingerprint density at radius 1 is 1.40 bits per heavy atom. The lowest BCUT2D eigenvalue weighted by Gasteiger charge is -2.13. The number of urea groups is 1. The molecule has 7 heteroatoms. The van der Waals surface area contributed by atoms with E-state index in [0.717, 1.165) is 0 Å². The first kappa shape index (κ1) is 14.3. The van der Waals surface area contributed by atoms with Crippen LogP contribution in [0.25, 0.3) is 0 Å². The Kier molecular flexibility index (Phi) is 5.33. The highest BCUT2D eigenvalue weighted by Crippen LogP contribution is 2.10. The Morgan fingerprint density at radius 3 is 2.90 bits per heavy atom. The summed E-state index contributed by atoms with van der Waals surface area (Å²) in [6, 6.07) is 8.78. The Balaban J connectivity index is 1.64. The maximum Gasteiger partial charge on any atom is 0.321 e. The van der Waals surface area contributed by atoms with Crippen molar-refractivity contribution in [2.75, 3.05) is 18.5 Å². The zero-order chi connectivity index (χ0) is 14.2. The number of thiazole rings is 1. The van der Waals surface area contributed by atoms with E-state index in [9.17, 15) is 9.90 Å². The van der Waals surface area contributed by atoms with Gasteiger partial charge in [0.05, 0.1) is 0 Å². The number of carbonyl (C=O) groups is 1. The van der Waals surface area contributed by atoms with Gasteiger partial charge in [0.2, 0.25) is 0 Å². The zero-order valence-corrected chi connectivity index (χ0v) is 11.5. The number of aromatic nitrogens is 1. The van der Waals surface area contributed by atoms with Crippen LogP contribution in [-0.4, -0.2) is 35.4 Å². The molecule has 1 atom stereocenters. The van der Waals surface area contributed by atoms with Gasteiger partial charge in [0.1, 0.15) is 18.5 Å². The number of nitrogens with zero attached hydrogens (tertiary/aromatic N) is 1. The summed E-state index contributed by atoms with van der Waals surface area (Å²) in [7, 11) is 0. The molecule has 106 valence electrons. The molecule has 20 heavy (non-hydrogen) atoms.